The van der Waals surface area contributed by atoms with E-state index in [0.717, 1.165) is 6.42 Å². The quantitative estimate of drug-likeness (QED) is 0.744. The van der Waals surface area contributed by atoms with Gasteiger partial charge >= 0.3 is 0 Å². The highest BCUT2D eigenvalue weighted by molar-refractivity contribution is 5.76. The van der Waals surface area contributed by atoms with E-state index in [0.29, 0.717) is 30.4 Å². The Kier molecular flexibility index (Phi) is 6.19. The lowest BCUT2D eigenvalue weighted by atomic mass is 10.0. The molecule has 106 valence electrons. The molecule has 0 saturated heterocycles. The molecule has 0 spiro atoms. The molecule has 1 amide bonds. The van der Waals surface area contributed by atoms with Gasteiger partial charge < -0.3 is 15.8 Å². The van der Waals surface area contributed by atoms with Crippen LogP contribution >= 0.6 is 0 Å². The summed E-state index contributed by atoms with van der Waals surface area (Å²) >= 11 is 0. The molecular formula is C15H24N2O2. The molecule has 1 rings (SSSR count). The van der Waals surface area contributed by atoms with Gasteiger partial charge in [-0.1, -0.05) is 26.8 Å². The summed E-state index contributed by atoms with van der Waals surface area (Å²) in [6.45, 7) is 6.66. The van der Waals surface area contributed by atoms with Crippen LogP contribution in [0.5, 0.6) is 5.75 Å². The number of benzene rings is 1. The van der Waals surface area contributed by atoms with Crippen molar-refractivity contribution in [3.8, 4) is 5.75 Å². The number of ether oxygens (including phenoxy) is 1. The predicted molar refractivity (Wildman–Crippen MR) is 78.0 cm³/mol. The molecule has 1 aromatic carbocycles. The van der Waals surface area contributed by atoms with Gasteiger partial charge in [-0.2, -0.15) is 0 Å². The topological polar surface area (TPSA) is 64.3 Å². The third kappa shape index (κ3) is 5.64. The summed E-state index contributed by atoms with van der Waals surface area (Å²) < 4.78 is 5.49. The number of nitrogen functional groups attached to an aromatic ring is 1. The zero-order valence-electron chi connectivity index (χ0n) is 12.0. The van der Waals surface area contributed by atoms with Crippen LogP contribution in [-0.2, 0) is 4.79 Å². The maximum Gasteiger partial charge on any atom is 0.223 e. The van der Waals surface area contributed by atoms with Crippen LogP contribution in [-0.4, -0.2) is 18.6 Å². The Morgan fingerprint density at radius 2 is 2.16 bits per heavy atom. The number of carbonyl (C=O) groups excluding carboxylic acids is 1. The van der Waals surface area contributed by atoms with Crippen molar-refractivity contribution in [1.29, 1.82) is 0 Å². The van der Waals surface area contributed by atoms with Gasteiger partial charge in [0.05, 0.1) is 13.0 Å². The number of rotatable bonds is 7. The molecule has 0 heterocycles. The fraction of sp³-hybridized carbons (Fsp3) is 0.533. The van der Waals surface area contributed by atoms with Gasteiger partial charge in [0.15, 0.2) is 0 Å². The van der Waals surface area contributed by atoms with E-state index in [1.165, 1.54) is 0 Å². The Morgan fingerprint density at radius 1 is 1.42 bits per heavy atom. The molecule has 1 atom stereocenters. The van der Waals surface area contributed by atoms with Crippen LogP contribution in [0.2, 0.25) is 0 Å². The highest BCUT2D eigenvalue weighted by atomic mass is 16.5. The Hall–Kier alpha value is -1.71. The summed E-state index contributed by atoms with van der Waals surface area (Å²) in [5, 5.41) is 3.02. The average Bonchev–Trinajstić information content (AvgIpc) is 2.35. The maximum atomic E-state index is 11.8. The van der Waals surface area contributed by atoms with Gasteiger partial charge in [-0.05, 0) is 24.5 Å². The Bertz CT molecular complexity index is 405. The minimum Gasteiger partial charge on any atom is -0.493 e. The van der Waals surface area contributed by atoms with Crippen LogP contribution < -0.4 is 15.8 Å². The summed E-state index contributed by atoms with van der Waals surface area (Å²) in [4.78, 5) is 11.8. The summed E-state index contributed by atoms with van der Waals surface area (Å²) in [7, 11) is 0. The maximum absolute atomic E-state index is 11.8. The standard InChI is InChI=1S/C15H24N2O2/c1-4-14(11(2)3)17-15(18)8-9-19-13-7-5-6-12(16)10-13/h5-7,10-11,14H,4,8-9,16H2,1-3H3,(H,17,18). The van der Waals surface area contributed by atoms with Gasteiger partial charge in [-0.3, -0.25) is 4.79 Å². The molecule has 0 fully saturated rings. The van der Waals surface area contributed by atoms with Crippen molar-refractivity contribution >= 4 is 11.6 Å². The van der Waals surface area contributed by atoms with Crippen molar-refractivity contribution in [2.24, 2.45) is 5.92 Å². The Labute approximate surface area is 115 Å². The smallest absolute Gasteiger partial charge is 0.223 e. The second-order valence-corrected chi connectivity index (χ2v) is 5.00. The van der Waals surface area contributed by atoms with E-state index in [1.54, 1.807) is 12.1 Å². The summed E-state index contributed by atoms with van der Waals surface area (Å²) in [6, 6.07) is 7.45. The molecule has 0 bridgehead atoms. The highest BCUT2D eigenvalue weighted by Crippen LogP contribution is 2.14. The number of hydrogen-bond donors (Lipinski definition) is 2. The van der Waals surface area contributed by atoms with Crippen LogP contribution in [0.1, 0.15) is 33.6 Å². The molecule has 0 aliphatic rings. The zero-order chi connectivity index (χ0) is 14.3. The van der Waals surface area contributed by atoms with E-state index in [4.69, 9.17) is 10.5 Å². The van der Waals surface area contributed by atoms with E-state index < -0.39 is 0 Å². The van der Waals surface area contributed by atoms with Gasteiger partial charge in [0.1, 0.15) is 5.75 Å². The minimum atomic E-state index is 0.0319. The lowest BCUT2D eigenvalue weighted by Gasteiger charge is -2.20. The van der Waals surface area contributed by atoms with E-state index in [9.17, 15) is 4.79 Å². The van der Waals surface area contributed by atoms with Gasteiger partial charge in [0.25, 0.3) is 0 Å². The first-order chi connectivity index (χ1) is 9.02. The number of amides is 1. The average molecular weight is 264 g/mol. The first-order valence-electron chi connectivity index (χ1n) is 6.80. The molecule has 0 aliphatic heterocycles. The first-order valence-corrected chi connectivity index (χ1v) is 6.80. The number of nitrogens with two attached hydrogens (primary N) is 1. The molecule has 0 radical (unpaired) electrons. The summed E-state index contributed by atoms with van der Waals surface area (Å²) in [5.74, 6) is 1.18. The molecular weight excluding hydrogens is 240 g/mol. The van der Waals surface area contributed by atoms with Crippen LogP contribution in [0.3, 0.4) is 0 Å². The first kappa shape index (κ1) is 15.3. The Morgan fingerprint density at radius 3 is 2.74 bits per heavy atom. The third-order valence-corrected chi connectivity index (χ3v) is 3.05. The number of carbonyl (C=O) groups is 1. The lowest BCUT2D eigenvalue weighted by molar-refractivity contribution is -0.122. The van der Waals surface area contributed by atoms with E-state index in [2.05, 4.69) is 26.1 Å². The zero-order valence-corrected chi connectivity index (χ0v) is 12.0. The van der Waals surface area contributed by atoms with Crippen molar-refractivity contribution in [2.45, 2.75) is 39.7 Å². The van der Waals surface area contributed by atoms with Crippen LogP contribution in [0.15, 0.2) is 24.3 Å². The van der Waals surface area contributed by atoms with Gasteiger partial charge in [0, 0.05) is 17.8 Å². The molecule has 1 unspecified atom stereocenters. The fourth-order valence-corrected chi connectivity index (χ4v) is 1.88. The van der Waals surface area contributed by atoms with Gasteiger partial charge in [-0.25, -0.2) is 0 Å². The second kappa shape index (κ2) is 7.67. The SMILES string of the molecule is CCC(NC(=O)CCOc1cccc(N)c1)C(C)C. The molecule has 4 heteroatoms. The van der Waals surface area contributed by atoms with Crippen LogP contribution in [0, 0.1) is 5.92 Å². The van der Waals surface area contributed by atoms with E-state index >= 15 is 0 Å². The summed E-state index contributed by atoms with van der Waals surface area (Å²) in [5.41, 5.74) is 6.31. The van der Waals surface area contributed by atoms with Crippen molar-refractivity contribution in [1.82, 2.24) is 5.32 Å². The molecule has 1 aromatic rings. The van der Waals surface area contributed by atoms with E-state index in [-0.39, 0.29) is 11.9 Å². The van der Waals surface area contributed by atoms with Crippen LogP contribution in [0.25, 0.3) is 0 Å². The summed E-state index contributed by atoms with van der Waals surface area (Å²) in [6.07, 6.45) is 1.30. The van der Waals surface area contributed by atoms with Crippen molar-refractivity contribution in [2.75, 3.05) is 12.3 Å². The number of hydrogen-bond acceptors (Lipinski definition) is 3. The highest BCUT2D eigenvalue weighted by Gasteiger charge is 2.13. The third-order valence-electron chi connectivity index (χ3n) is 3.05. The van der Waals surface area contributed by atoms with Crippen molar-refractivity contribution in [3.05, 3.63) is 24.3 Å². The second-order valence-electron chi connectivity index (χ2n) is 5.00. The number of nitrogens with one attached hydrogen (secondary N) is 1. The van der Waals surface area contributed by atoms with Crippen molar-refractivity contribution in [3.63, 3.8) is 0 Å². The molecule has 0 aromatic heterocycles. The normalized spacial score (nSPS) is 12.2. The number of anilines is 1. The predicted octanol–water partition coefficient (Wildman–Crippen LogP) is 2.59. The van der Waals surface area contributed by atoms with Gasteiger partial charge in [0.2, 0.25) is 5.91 Å². The minimum absolute atomic E-state index is 0.0319. The van der Waals surface area contributed by atoms with Crippen LogP contribution in [0.4, 0.5) is 5.69 Å². The Balaban J connectivity index is 2.31. The molecule has 0 saturated carbocycles. The fourth-order valence-electron chi connectivity index (χ4n) is 1.88. The van der Waals surface area contributed by atoms with E-state index in [1.807, 2.05) is 12.1 Å². The monoisotopic (exact) mass is 264 g/mol. The largest absolute Gasteiger partial charge is 0.493 e. The lowest BCUT2D eigenvalue weighted by Crippen LogP contribution is -2.38. The molecule has 0 aliphatic carbocycles. The molecule has 3 N–H and O–H groups in total. The molecule has 19 heavy (non-hydrogen) atoms. The van der Waals surface area contributed by atoms with Gasteiger partial charge in [-0.15, -0.1) is 0 Å². The molecule has 4 nitrogen and oxygen atoms in total. The van der Waals surface area contributed by atoms with Crippen molar-refractivity contribution < 1.29 is 9.53 Å².